The molecule has 0 spiro atoms. The van der Waals surface area contributed by atoms with E-state index in [0.717, 1.165) is 19.5 Å². The van der Waals surface area contributed by atoms with Gasteiger partial charge in [-0.05, 0) is 74.6 Å². The smallest absolute Gasteiger partial charge is 0.243 e. The first-order valence-electron chi connectivity index (χ1n) is 10.2. The van der Waals surface area contributed by atoms with E-state index in [2.05, 4.69) is 25.5 Å². The average molecular weight is 457 g/mol. The van der Waals surface area contributed by atoms with Crippen molar-refractivity contribution >= 4 is 33.2 Å². The Balaban J connectivity index is 1.44. The van der Waals surface area contributed by atoms with Crippen molar-refractivity contribution < 1.29 is 12.8 Å². The van der Waals surface area contributed by atoms with Gasteiger partial charge in [0.1, 0.15) is 11.6 Å². The lowest BCUT2D eigenvalue weighted by atomic mass is 10.3. The second-order valence-electron chi connectivity index (χ2n) is 7.77. The molecule has 0 aliphatic carbocycles. The molecule has 168 valence electrons. The molecule has 1 aromatic heterocycles. The fourth-order valence-corrected chi connectivity index (χ4v) is 4.96. The van der Waals surface area contributed by atoms with Crippen LogP contribution in [0.4, 0.5) is 27.5 Å². The molecule has 0 amide bonds. The summed E-state index contributed by atoms with van der Waals surface area (Å²) in [4.78, 5) is 11.0. The van der Waals surface area contributed by atoms with Crippen molar-refractivity contribution in [3.63, 3.8) is 0 Å². The highest BCUT2D eigenvalue weighted by Crippen LogP contribution is 2.24. The van der Waals surface area contributed by atoms with E-state index in [1.54, 1.807) is 55.7 Å². The van der Waals surface area contributed by atoms with Crippen molar-refractivity contribution in [1.82, 2.24) is 19.2 Å². The van der Waals surface area contributed by atoms with Crippen LogP contribution in [0.25, 0.3) is 0 Å². The first kappa shape index (κ1) is 22.1. The summed E-state index contributed by atoms with van der Waals surface area (Å²) < 4.78 is 40.5. The fraction of sp³-hybridized carbons (Fsp3) is 0.273. The molecule has 0 saturated carbocycles. The highest BCUT2D eigenvalue weighted by Gasteiger charge is 2.31. The number of benzene rings is 2. The highest BCUT2D eigenvalue weighted by atomic mass is 32.2. The summed E-state index contributed by atoms with van der Waals surface area (Å²) >= 11 is 0. The number of sulfonamides is 1. The zero-order chi connectivity index (χ0) is 22.7. The molecule has 1 atom stereocenters. The van der Waals surface area contributed by atoms with Crippen LogP contribution in [0.3, 0.4) is 0 Å². The number of hydrogen-bond acceptors (Lipinski definition) is 7. The van der Waals surface area contributed by atoms with Crippen molar-refractivity contribution in [2.45, 2.75) is 17.4 Å². The summed E-state index contributed by atoms with van der Waals surface area (Å²) in [5.74, 6) is 0.572. The Hall–Kier alpha value is -3.08. The standard InChI is InChI=1S/C22H25FN6O2S/c1-28-14-12-19(15-28)29(2)32(30,31)20-9-7-18(8-10-20)26-22-24-13-11-21(27-22)25-17-5-3-16(23)4-6-17/h3-11,13,19H,12,14-15H2,1-2H3,(H2,24,25,26,27). The quantitative estimate of drug-likeness (QED) is 0.563. The first-order valence-corrected chi connectivity index (χ1v) is 11.6. The summed E-state index contributed by atoms with van der Waals surface area (Å²) in [5, 5.41) is 6.15. The fourth-order valence-electron chi connectivity index (χ4n) is 3.58. The number of anilines is 4. The van der Waals surface area contributed by atoms with Crippen molar-refractivity contribution in [3.05, 3.63) is 66.6 Å². The summed E-state index contributed by atoms with van der Waals surface area (Å²) in [6, 6.07) is 14.2. The number of hydrogen-bond donors (Lipinski definition) is 2. The number of halogens is 1. The molecule has 2 N–H and O–H groups in total. The third-order valence-electron chi connectivity index (χ3n) is 5.44. The third kappa shape index (κ3) is 5.04. The Kier molecular flexibility index (Phi) is 6.35. The van der Waals surface area contributed by atoms with E-state index in [-0.39, 0.29) is 16.8 Å². The van der Waals surface area contributed by atoms with Gasteiger partial charge in [-0.3, -0.25) is 0 Å². The van der Waals surface area contributed by atoms with E-state index in [9.17, 15) is 12.8 Å². The summed E-state index contributed by atoms with van der Waals surface area (Å²) in [7, 11) is 0.0620. The van der Waals surface area contributed by atoms with Gasteiger partial charge in [0.05, 0.1) is 4.90 Å². The molecular formula is C22H25FN6O2S. The van der Waals surface area contributed by atoms with E-state index in [1.165, 1.54) is 16.4 Å². The van der Waals surface area contributed by atoms with Crippen LogP contribution < -0.4 is 10.6 Å². The maximum Gasteiger partial charge on any atom is 0.243 e. The highest BCUT2D eigenvalue weighted by molar-refractivity contribution is 7.89. The SMILES string of the molecule is CN1CCC(N(C)S(=O)(=O)c2ccc(Nc3nccc(Nc4ccc(F)cc4)n3)cc2)C1. The zero-order valence-corrected chi connectivity index (χ0v) is 18.7. The van der Waals surface area contributed by atoms with E-state index >= 15 is 0 Å². The van der Waals surface area contributed by atoms with E-state index in [4.69, 9.17) is 0 Å². The second kappa shape index (κ2) is 9.19. The molecule has 10 heteroatoms. The predicted molar refractivity (Wildman–Crippen MR) is 122 cm³/mol. The molecule has 2 heterocycles. The molecule has 4 rings (SSSR count). The zero-order valence-electron chi connectivity index (χ0n) is 17.9. The molecule has 1 fully saturated rings. The predicted octanol–water partition coefficient (Wildman–Crippen LogP) is 3.43. The van der Waals surface area contributed by atoms with Crippen LogP contribution in [0.2, 0.25) is 0 Å². The Labute approximate surface area is 187 Å². The van der Waals surface area contributed by atoms with Gasteiger partial charge in [-0.25, -0.2) is 17.8 Å². The van der Waals surface area contributed by atoms with Crippen LogP contribution in [0.1, 0.15) is 6.42 Å². The number of aromatic nitrogens is 2. The van der Waals surface area contributed by atoms with Crippen LogP contribution in [0.15, 0.2) is 65.7 Å². The van der Waals surface area contributed by atoms with E-state index < -0.39 is 10.0 Å². The van der Waals surface area contributed by atoms with Crippen LogP contribution in [0, 0.1) is 5.82 Å². The van der Waals surface area contributed by atoms with Gasteiger partial charge in [0, 0.05) is 37.2 Å². The van der Waals surface area contributed by atoms with Gasteiger partial charge in [0.15, 0.2) is 0 Å². The molecule has 1 unspecified atom stereocenters. The van der Waals surface area contributed by atoms with Crippen LogP contribution in [-0.4, -0.2) is 60.8 Å². The normalized spacial score (nSPS) is 16.9. The average Bonchev–Trinajstić information content (AvgIpc) is 3.21. The van der Waals surface area contributed by atoms with E-state index in [0.29, 0.717) is 23.1 Å². The van der Waals surface area contributed by atoms with Gasteiger partial charge >= 0.3 is 0 Å². The lowest BCUT2D eigenvalue weighted by Crippen LogP contribution is -2.38. The summed E-state index contributed by atoms with van der Waals surface area (Å²) in [6.07, 6.45) is 2.42. The molecule has 2 aromatic carbocycles. The number of likely N-dealkylation sites (tertiary alicyclic amines) is 1. The van der Waals surface area contributed by atoms with Gasteiger partial charge in [-0.1, -0.05) is 0 Å². The first-order chi connectivity index (χ1) is 15.3. The molecular weight excluding hydrogens is 431 g/mol. The van der Waals surface area contributed by atoms with Gasteiger partial charge in [0.25, 0.3) is 0 Å². The van der Waals surface area contributed by atoms with Gasteiger partial charge < -0.3 is 15.5 Å². The number of likely N-dealkylation sites (N-methyl/N-ethyl adjacent to an activating group) is 2. The molecule has 3 aromatic rings. The Morgan fingerprint density at radius 2 is 1.69 bits per heavy atom. The number of rotatable bonds is 7. The molecule has 32 heavy (non-hydrogen) atoms. The lowest BCUT2D eigenvalue weighted by molar-refractivity contribution is 0.345. The van der Waals surface area contributed by atoms with Crippen LogP contribution in [-0.2, 0) is 10.0 Å². The number of nitrogens with zero attached hydrogens (tertiary/aromatic N) is 4. The maximum atomic E-state index is 13.1. The minimum atomic E-state index is -3.57. The molecule has 8 nitrogen and oxygen atoms in total. The van der Waals surface area contributed by atoms with E-state index in [1.807, 2.05) is 7.05 Å². The maximum absolute atomic E-state index is 13.1. The molecule has 0 bridgehead atoms. The minimum Gasteiger partial charge on any atom is -0.340 e. The minimum absolute atomic E-state index is 0.0208. The molecule has 0 radical (unpaired) electrons. The second-order valence-corrected chi connectivity index (χ2v) is 9.77. The van der Waals surface area contributed by atoms with Gasteiger partial charge in [-0.2, -0.15) is 9.29 Å². The third-order valence-corrected chi connectivity index (χ3v) is 7.36. The topological polar surface area (TPSA) is 90.5 Å². The largest absolute Gasteiger partial charge is 0.340 e. The van der Waals surface area contributed by atoms with Crippen molar-refractivity contribution in [2.75, 3.05) is 37.8 Å². The molecule has 1 aliphatic heterocycles. The van der Waals surface area contributed by atoms with Crippen molar-refractivity contribution in [1.29, 1.82) is 0 Å². The summed E-state index contributed by atoms with van der Waals surface area (Å²) in [6.45, 7) is 1.62. The lowest BCUT2D eigenvalue weighted by Gasteiger charge is -2.23. The Bertz CT molecular complexity index is 1170. The van der Waals surface area contributed by atoms with Crippen molar-refractivity contribution in [2.24, 2.45) is 0 Å². The monoisotopic (exact) mass is 456 g/mol. The number of nitrogens with one attached hydrogen (secondary N) is 2. The van der Waals surface area contributed by atoms with Gasteiger partial charge in [-0.15, -0.1) is 0 Å². The van der Waals surface area contributed by atoms with Crippen molar-refractivity contribution in [3.8, 4) is 0 Å². The molecule has 1 aliphatic rings. The Morgan fingerprint density at radius 3 is 2.34 bits per heavy atom. The molecule has 1 saturated heterocycles. The Morgan fingerprint density at radius 1 is 1.03 bits per heavy atom. The van der Waals surface area contributed by atoms with Gasteiger partial charge in [0.2, 0.25) is 16.0 Å². The van der Waals surface area contributed by atoms with Crippen LogP contribution in [0.5, 0.6) is 0 Å². The van der Waals surface area contributed by atoms with Crippen LogP contribution >= 0.6 is 0 Å². The summed E-state index contributed by atoms with van der Waals surface area (Å²) in [5.41, 5.74) is 1.36.